The van der Waals surface area contributed by atoms with Crippen molar-refractivity contribution in [2.45, 2.75) is 12.3 Å². The van der Waals surface area contributed by atoms with E-state index < -0.39 is 6.09 Å². The van der Waals surface area contributed by atoms with Gasteiger partial charge in [0.25, 0.3) is 0 Å². The number of carbonyl (C=O) groups is 1. The summed E-state index contributed by atoms with van der Waals surface area (Å²) in [5.74, 6) is 0.566. The number of hydrogen-bond acceptors (Lipinski definition) is 4. The summed E-state index contributed by atoms with van der Waals surface area (Å²) in [6.45, 7) is 2.02. The number of ether oxygens (including phenoxy) is 1. The van der Waals surface area contributed by atoms with E-state index in [1.54, 1.807) is 19.2 Å². The van der Waals surface area contributed by atoms with Crippen molar-refractivity contribution in [1.82, 2.24) is 10.3 Å². The van der Waals surface area contributed by atoms with Gasteiger partial charge < -0.3 is 10.1 Å². The minimum atomic E-state index is -0.581. The van der Waals surface area contributed by atoms with Crippen molar-refractivity contribution in [3.8, 4) is 0 Å². The minimum absolute atomic E-state index is 0.155. The van der Waals surface area contributed by atoms with Gasteiger partial charge in [0.05, 0.1) is 6.61 Å². The van der Waals surface area contributed by atoms with Gasteiger partial charge in [0.2, 0.25) is 0 Å². The molecule has 0 bridgehead atoms. The zero-order chi connectivity index (χ0) is 12.7. The van der Waals surface area contributed by atoms with Crippen LogP contribution < -0.4 is 10.6 Å². The molecule has 0 fully saturated rings. The highest BCUT2D eigenvalue weighted by Gasteiger charge is 2.04. The molecule has 0 aliphatic heterocycles. The number of nitrogens with zero attached hydrogens (tertiary/aromatic N) is 1. The first-order chi connectivity index (χ1) is 8.15. The lowest BCUT2D eigenvalue weighted by Crippen LogP contribution is -2.34. The van der Waals surface area contributed by atoms with Crippen molar-refractivity contribution in [3.05, 3.63) is 23.9 Å². The van der Waals surface area contributed by atoms with E-state index in [1.165, 1.54) is 0 Å². The van der Waals surface area contributed by atoms with Crippen LogP contribution in [0.3, 0.4) is 0 Å². The maximum Gasteiger partial charge on any atom is 0.413 e. The third-order valence-electron chi connectivity index (χ3n) is 1.71. The van der Waals surface area contributed by atoms with Gasteiger partial charge in [0.1, 0.15) is 5.82 Å². The summed E-state index contributed by atoms with van der Waals surface area (Å²) in [5, 5.41) is 6.04. The number of hydrogen-bond donors (Lipinski definition) is 2. The summed E-state index contributed by atoms with van der Waals surface area (Å²) in [6.07, 6.45) is 1.13. The summed E-state index contributed by atoms with van der Waals surface area (Å²) in [4.78, 5) is 15.2. The molecule has 92 valence electrons. The van der Waals surface area contributed by atoms with Crippen LogP contribution in [0.1, 0.15) is 12.5 Å². The second-order valence-corrected chi connectivity index (χ2v) is 3.95. The molecule has 1 amide bonds. The second-order valence-electron chi connectivity index (χ2n) is 2.98. The Bertz CT molecular complexity index is 397. The summed E-state index contributed by atoms with van der Waals surface area (Å²) in [7, 11) is 0. The molecule has 0 aliphatic carbocycles. The normalized spacial score (nSPS) is 9.53. The Kier molecular flexibility index (Phi) is 5.85. The molecule has 0 unspecified atom stereocenters. The lowest BCUT2D eigenvalue weighted by Gasteiger charge is -2.08. The first kappa shape index (κ1) is 13.9. The van der Waals surface area contributed by atoms with Gasteiger partial charge in [-0.15, -0.1) is 0 Å². The number of anilines is 1. The van der Waals surface area contributed by atoms with E-state index in [1.807, 2.05) is 6.07 Å². The van der Waals surface area contributed by atoms with Crippen LogP contribution >= 0.6 is 28.1 Å². The molecule has 5 nitrogen and oxygen atoms in total. The lowest BCUT2D eigenvalue weighted by molar-refractivity contribution is 0.158. The number of alkyl carbamates (subject to hydrolysis) is 1. The van der Waals surface area contributed by atoms with Gasteiger partial charge in [0.15, 0.2) is 5.11 Å². The molecule has 0 aromatic carbocycles. The van der Waals surface area contributed by atoms with Gasteiger partial charge in [-0.3, -0.25) is 5.32 Å². The van der Waals surface area contributed by atoms with Crippen molar-refractivity contribution < 1.29 is 9.53 Å². The molecule has 1 aromatic heterocycles. The topological polar surface area (TPSA) is 63.2 Å². The molecular weight excluding hydrogens is 306 g/mol. The van der Waals surface area contributed by atoms with Crippen molar-refractivity contribution >= 4 is 45.2 Å². The van der Waals surface area contributed by atoms with E-state index in [4.69, 9.17) is 12.2 Å². The third-order valence-corrected chi connectivity index (χ3v) is 2.56. The Morgan fingerprint density at radius 2 is 2.35 bits per heavy atom. The Labute approximate surface area is 113 Å². The Morgan fingerprint density at radius 3 is 2.88 bits per heavy atom. The molecule has 0 saturated carbocycles. The van der Waals surface area contributed by atoms with Crippen LogP contribution in [0.4, 0.5) is 10.6 Å². The Hall–Kier alpha value is -1.21. The fraction of sp³-hybridized carbons (Fsp3) is 0.300. The number of alkyl halides is 1. The molecule has 1 heterocycles. The summed E-state index contributed by atoms with van der Waals surface area (Å²) in [5.41, 5.74) is 1.06. The number of aromatic nitrogens is 1. The van der Waals surface area contributed by atoms with Gasteiger partial charge in [0, 0.05) is 11.5 Å². The minimum Gasteiger partial charge on any atom is -0.450 e. The predicted molar refractivity (Wildman–Crippen MR) is 73.2 cm³/mol. The zero-order valence-electron chi connectivity index (χ0n) is 9.20. The maximum absolute atomic E-state index is 11.1. The van der Waals surface area contributed by atoms with Gasteiger partial charge >= 0.3 is 6.09 Å². The third kappa shape index (κ3) is 5.10. The Balaban J connectivity index is 2.47. The van der Waals surface area contributed by atoms with Crippen LogP contribution in [0.15, 0.2) is 18.3 Å². The quantitative estimate of drug-likeness (QED) is 0.662. The number of halogens is 1. The van der Waals surface area contributed by atoms with Crippen LogP contribution in [0.2, 0.25) is 0 Å². The van der Waals surface area contributed by atoms with E-state index in [0.29, 0.717) is 12.4 Å². The maximum atomic E-state index is 11.1. The van der Waals surface area contributed by atoms with Gasteiger partial charge in [-0.25, -0.2) is 9.78 Å². The summed E-state index contributed by atoms with van der Waals surface area (Å²) in [6, 6.07) is 3.67. The van der Waals surface area contributed by atoms with Crippen molar-refractivity contribution in [2.24, 2.45) is 0 Å². The number of nitrogens with one attached hydrogen (secondary N) is 2. The highest BCUT2D eigenvalue weighted by molar-refractivity contribution is 9.08. The molecule has 0 spiro atoms. The van der Waals surface area contributed by atoms with E-state index in [0.717, 1.165) is 10.9 Å². The fourth-order valence-electron chi connectivity index (χ4n) is 0.985. The van der Waals surface area contributed by atoms with Gasteiger partial charge in [-0.1, -0.05) is 22.0 Å². The highest BCUT2D eigenvalue weighted by Crippen LogP contribution is 2.07. The summed E-state index contributed by atoms with van der Waals surface area (Å²) >= 11 is 8.24. The number of pyridine rings is 1. The zero-order valence-corrected chi connectivity index (χ0v) is 11.6. The van der Waals surface area contributed by atoms with Crippen LogP contribution in [0.5, 0.6) is 0 Å². The number of thiocarbonyl (C=S) groups is 1. The number of rotatable bonds is 3. The molecule has 0 atom stereocenters. The molecule has 7 heteroatoms. The molecule has 17 heavy (non-hydrogen) atoms. The molecule has 0 saturated heterocycles. The average Bonchev–Trinajstić information content (AvgIpc) is 2.30. The summed E-state index contributed by atoms with van der Waals surface area (Å²) < 4.78 is 4.68. The van der Waals surface area contributed by atoms with Gasteiger partial charge in [-0.05, 0) is 30.8 Å². The fourth-order valence-corrected chi connectivity index (χ4v) is 1.50. The van der Waals surface area contributed by atoms with Crippen LogP contribution in [-0.4, -0.2) is 22.8 Å². The molecular formula is C10H12BrN3O2S. The van der Waals surface area contributed by atoms with Crippen LogP contribution in [0, 0.1) is 0 Å². The largest absolute Gasteiger partial charge is 0.450 e. The number of amides is 1. The highest BCUT2D eigenvalue weighted by atomic mass is 79.9. The predicted octanol–water partition coefficient (Wildman–Crippen LogP) is 2.42. The molecule has 0 aliphatic rings. The lowest BCUT2D eigenvalue weighted by atomic mass is 10.3. The second kappa shape index (κ2) is 7.18. The molecule has 1 rings (SSSR count). The first-order valence-corrected chi connectivity index (χ1v) is 6.44. The number of carbonyl (C=O) groups excluding carboxylic acids is 1. The van der Waals surface area contributed by atoms with Crippen LogP contribution in [0.25, 0.3) is 0 Å². The monoisotopic (exact) mass is 317 g/mol. The Morgan fingerprint density at radius 1 is 1.59 bits per heavy atom. The SMILES string of the molecule is CCOC(=O)NC(=S)Nc1ccc(CBr)cn1. The van der Waals surface area contributed by atoms with Crippen molar-refractivity contribution in [1.29, 1.82) is 0 Å². The smallest absolute Gasteiger partial charge is 0.413 e. The molecule has 2 N–H and O–H groups in total. The first-order valence-electron chi connectivity index (χ1n) is 4.91. The molecule has 1 aromatic rings. The average molecular weight is 318 g/mol. The van der Waals surface area contributed by atoms with Gasteiger partial charge in [-0.2, -0.15) is 0 Å². The van der Waals surface area contributed by atoms with Crippen LogP contribution in [-0.2, 0) is 10.1 Å². The van der Waals surface area contributed by atoms with E-state index in [-0.39, 0.29) is 5.11 Å². The van der Waals surface area contributed by atoms with E-state index in [2.05, 4.69) is 36.3 Å². The standard InChI is InChI=1S/C10H12BrN3O2S/c1-2-16-10(15)14-9(17)13-8-4-3-7(5-11)6-12-8/h3-4,6H,2,5H2,1H3,(H2,12,13,14,15,17). The van der Waals surface area contributed by atoms with E-state index >= 15 is 0 Å². The van der Waals surface area contributed by atoms with E-state index in [9.17, 15) is 4.79 Å². The van der Waals surface area contributed by atoms with Crippen molar-refractivity contribution in [2.75, 3.05) is 11.9 Å². The van der Waals surface area contributed by atoms with Crippen molar-refractivity contribution in [3.63, 3.8) is 0 Å². The molecule has 0 radical (unpaired) electrons.